The fourth-order valence-electron chi connectivity index (χ4n) is 1.26. The molecule has 16 heavy (non-hydrogen) atoms. The summed E-state index contributed by atoms with van der Waals surface area (Å²) >= 11 is 5.92. The highest BCUT2D eigenvalue weighted by molar-refractivity contribution is 6.32. The van der Waals surface area contributed by atoms with Crippen LogP contribution in [0, 0.1) is 5.82 Å². The van der Waals surface area contributed by atoms with E-state index in [4.69, 9.17) is 22.1 Å². The van der Waals surface area contributed by atoms with Crippen molar-refractivity contribution in [1.29, 1.82) is 0 Å². The molecule has 2 aromatic rings. The summed E-state index contributed by atoms with van der Waals surface area (Å²) in [5.74, 6) is 0.473. The minimum absolute atomic E-state index is 0.236. The molecule has 0 saturated carbocycles. The van der Waals surface area contributed by atoms with Gasteiger partial charge in [-0.15, -0.1) is 0 Å². The Labute approximate surface area is 97.4 Å². The van der Waals surface area contributed by atoms with E-state index in [1.54, 1.807) is 24.3 Å². The van der Waals surface area contributed by atoms with Gasteiger partial charge in [-0.25, -0.2) is 4.39 Å². The van der Waals surface area contributed by atoms with E-state index in [1.807, 2.05) is 0 Å². The molecule has 0 radical (unpaired) electrons. The molecule has 82 valence electrons. The predicted molar refractivity (Wildman–Crippen MR) is 62.3 cm³/mol. The maximum absolute atomic E-state index is 12.8. The highest BCUT2D eigenvalue weighted by atomic mass is 35.5. The van der Waals surface area contributed by atoms with Crippen LogP contribution in [-0.2, 0) is 0 Å². The topological polar surface area (TPSA) is 35.2 Å². The second-order valence-corrected chi connectivity index (χ2v) is 3.62. The van der Waals surface area contributed by atoms with Crippen LogP contribution in [-0.4, -0.2) is 0 Å². The summed E-state index contributed by atoms with van der Waals surface area (Å²) in [7, 11) is 0. The smallest absolute Gasteiger partial charge is 0.150 e. The lowest BCUT2D eigenvalue weighted by molar-refractivity contribution is 0.483. The molecule has 2 N–H and O–H groups in total. The maximum atomic E-state index is 12.8. The SMILES string of the molecule is Nc1cc(F)ccc1Oc1ccccc1Cl. The van der Waals surface area contributed by atoms with Gasteiger partial charge in [-0.1, -0.05) is 23.7 Å². The number of ether oxygens (including phenoxy) is 1. The standard InChI is InChI=1S/C12H9ClFNO/c13-9-3-1-2-4-11(9)16-12-6-5-8(14)7-10(12)15/h1-7H,15H2. The number of nitrogen functional groups attached to an aromatic ring is 1. The van der Waals surface area contributed by atoms with E-state index >= 15 is 0 Å². The highest BCUT2D eigenvalue weighted by Crippen LogP contribution is 2.32. The molecule has 0 aliphatic rings. The lowest BCUT2D eigenvalue weighted by Crippen LogP contribution is -1.93. The van der Waals surface area contributed by atoms with Crippen molar-refractivity contribution in [2.45, 2.75) is 0 Å². The van der Waals surface area contributed by atoms with Gasteiger partial charge in [0.05, 0.1) is 10.7 Å². The molecule has 0 spiro atoms. The van der Waals surface area contributed by atoms with Gasteiger partial charge in [0.25, 0.3) is 0 Å². The van der Waals surface area contributed by atoms with Crippen molar-refractivity contribution in [3.05, 3.63) is 53.3 Å². The number of halogens is 2. The van der Waals surface area contributed by atoms with Crippen LogP contribution >= 0.6 is 11.6 Å². The average molecular weight is 238 g/mol. The first-order valence-electron chi connectivity index (χ1n) is 4.64. The Morgan fingerprint density at radius 2 is 1.81 bits per heavy atom. The van der Waals surface area contributed by atoms with Crippen LogP contribution in [0.2, 0.25) is 5.02 Å². The molecule has 0 aliphatic carbocycles. The number of para-hydroxylation sites is 1. The Bertz CT molecular complexity index is 516. The van der Waals surface area contributed by atoms with Gasteiger partial charge in [0, 0.05) is 6.07 Å². The third-order valence-corrected chi connectivity index (χ3v) is 2.34. The van der Waals surface area contributed by atoms with Gasteiger partial charge in [-0.05, 0) is 24.3 Å². The predicted octanol–water partition coefficient (Wildman–Crippen LogP) is 3.85. The van der Waals surface area contributed by atoms with Gasteiger partial charge in [0.1, 0.15) is 11.6 Å². The van der Waals surface area contributed by atoms with E-state index in [0.717, 1.165) is 0 Å². The van der Waals surface area contributed by atoms with Crippen molar-refractivity contribution in [1.82, 2.24) is 0 Å². The molecular weight excluding hydrogens is 229 g/mol. The third-order valence-electron chi connectivity index (χ3n) is 2.03. The molecule has 2 nitrogen and oxygen atoms in total. The van der Waals surface area contributed by atoms with Crippen LogP contribution in [0.15, 0.2) is 42.5 Å². The van der Waals surface area contributed by atoms with Crippen LogP contribution in [0.4, 0.5) is 10.1 Å². The lowest BCUT2D eigenvalue weighted by Gasteiger charge is -2.09. The molecule has 4 heteroatoms. The molecule has 0 saturated heterocycles. The maximum Gasteiger partial charge on any atom is 0.150 e. The van der Waals surface area contributed by atoms with Gasteiger partial charge in [-0.3, -0.25) is 0 Å². The van der Waals surface area contributed by atoms with E-state index < -0.39 is 5.82 Å². The number of hydrogen-bond acceptors (Lipinski definition) is 2. The Morgan fingerprint density at radius 1 is 1.06 bits per heavy atom. The summed E-state index contributed by atoms with van der Waals surface area (Å²) in [6.45, 7) is 0. The van der Waals surface area contributed by atoms with Crippen LogP contribution in [0.25, 0.3) is 0 Å². The number of hydrogen-bond donors (Lipinski definition) is 1. The summed E-state index contributed by atoms with van der Waals surface area (Å²) in [6, 6.07) is 11.0. The zero-order valence-electron chi connectivity index (χ0n) is 8.28. The Morgan fingerprint density at radius 3 is 2.50 bits per heavy atom. The first-order chi connectivity index (χ1) is 7.66. The molecule has 0 aliphatic heterocycles. The summed E-state index contributed by atoms with van der Waals surface area (Å²) in [5, 5.41) is 0.478. The summed E-state index contributed by atoms with van der Waals surface area (Å²) < 4.78 is 18.3. The normalized spacial score (nSPS) is 10.1. The van der Waals surface area contributed by atoms with Crippen LogP contribution in [0.1, 0.15) is 0 Å². The number of anilines is 1. The van der Waals surface area contributed by atoms with E-state index in [2.05, 4.69) is 0 Å². The zero-order chi connectivity index (χ0) is 11.5. The molecular formula is C12H9ClFNO. The van der Waals surface area contributed by atoms with Gasteiger partial charge >= 0.3 is 0 Å². The van der Waals surface area contributed by atoms with Crippen molar-refractivity contribution in [3.63, 3.8) is 0 Å². The van der Waals surface area contributed by atoms with Crippen molar-refractivity contribution in [3.8, 4) is 11.5 Å². The van der Waals surface area contributed by atoms with E-state index in [9.17, 15) is 4.39 Å². The molecule has 0 aromatic heterocycles. The quantitative estimate of drug-likeness (QED) is 0.805. The van der Waals surface area contributed by atoms with Crippen LogP contribution in [0.5, 0.6) is 11.5 Å². The fraction of sp³-hybridized carbons (Fsp3) is 0. The van der Waals surface area contributed by atoms with Crippen LogP contribution < -0.4 is 10.5 Å². The van der Waals surface area contributed by atoms with Crippen molar-refractivity contribution in [2.24, 2.45) is 0 Å². The molecule has 0 bridgehead atoms. The van der Waals surface area contributed by atoms with E-state index in [0.29, 0.717) is 16.5 Å². The summed E-state index contributed by atoms with van der Waals surface area (Å²) in [5.41, 5.74) is 5.85. The molecule has 0 amide bonds. The second-order valence-electron chi connectivity index (χ2n) is 3.21. The fourth-order valence-corrected chi connectivity index (χ4v) is 1.43. The Hall–Kier alpha value is -1.74. The average Bonchev–Trinajstić information content (AvgIpc) is 2.25. The molecule has 0 fully saturated rings. The minimum atomic E-state index is -0.399. The molecule has 2 aromatic carbocycles. The van der Waals surface area contributed by atoms with Crippen molar-refractivity contribution < 1.29 is 9.13 Å². The lowest BCUT2D eigenvalue weighted by atomic mass is 10.3. The third kappa shape index (κ3) is 2.25. The largest absolute Gasteiger partial charge is 0.454 e. The first-order valence-corrected chi connectivity index (χ1v) is 5.02. The number of rotatable bonds is 2. The summed E-state index contributed by atoms with van der Waals surface area (Å²) in [4.78, 5) is 0. The highest BCUT2D eigenvalue weighted by Gasteiger charge is 2.05. The second kappa shape index (κ2) is 4.41. The van der Waals surface area contributed by atoms with Crippen molar-refractivity contribution >= 4 is 17.3 Å². The van der Waals surface area contributed by atoms with E-state index in [1.165, 1.54) is 18.2 Å². The Kier molecular flexibility index (Phi) is 2.97. The molecule has 0 heterocycles. The Balaban J connectivity index is 2.31. The van der Waals surface area contributed by atoms with Gasteiger partial charge in [-0.2, -0.15) is 0 Å². The van der Waals surface area contributed by atoms with E-state index in [-0.39, 0.29) is 5.69 Å². The zero-order valence-corrected chi connectivity index (χ0v) is 9.04. The van der Waals surface area contributed by atoms with Gasteiger partial charge in [0.15, 0.2) is 5.75 Å². The molecule has 2 rings (SSSR count). The molecule has 0 atom stereocenters. The van der Waals surface area contributed by atoms with Gasteiger partial charge in [0.2, 0.25) is 0 Å². The van der Waals surface area contributed by atoms with Crippen LogP contribution in [0.3, 0.4) is 0 Å². The summed E-state index contributed by atoms with van der Waals surface area (Å²) in [6.07, 6.45) is 0. The monoisotopic (exact) mass is 237 g/mol. The van der Waals surface area contributed by atoms with Gasteiger partial charge < -0.3 is 10.5 Å². The molecule has 0 unspecified atom stereocenters. The number of benzene rings is 2. The van der Waals surface area contributed by atoms with Crippen molar-refractivity contribution in [2.75, 3.05) is 5.73 Å². The number of nitrogens with two attached hydrogens (primary N) is 1. The minimum Gasteiger partial charge on any atom is -0.454 e. The first kappa shape index (κ1) is 10.8.